The predicted octanol–water partition coefficient (Wildman–Crippen LogP) is 7.29. The molecule has 0 heterocycles. The molecule has 3 rings (SSSR count). The van der Waals surface area contributed by atoms with Crippen LogP contribution in [0.25, 0.3) is 0 Å². The molecule has 0 aliphatic heterocycles. The van der Waals surface area contributed by atoms with E-state index in [1.54, 1.807) is 14.2 Å². The summed E-state index contributed by atoms with van der Waals surface area (Å²) in [5.74, 6) is 0. The third kappa shape index (κ3) is 5.78. The highest BCUT2D eigenvalue weighted by Crippen LogP contribution is 2.35. The number of aryl methyl sites for hydroxylation is 7. The molecule has 0 aromatic heterocycles. The minimum atomic E-state index is -0.212. The van der Waals surface area contributed by atoms with Crippen LogP contribution in [0.15, 0.2) is 36.4 Å². The fourth-order valence-electron chi connectivity index (χ4n) is 4.80. The van der Waals surface area contributed by atoms with Gasteiger partial charge < -0.3 is 14.2 Å². The van der Waals surface area contributed by atoms with Crippen LogP contribution in [0.1, 0.15) is 72.9 Å². The summed E-state index contributed by atoms with van der Waals surface area (Å²) in [7, 11) is 3.41. The van der Waals surface area contributed by atoms with Gasteiger partial charge >= 0.3 is 0 Å². The second kappa shape index (κ2) is 11.3. The Morgan fingerprint density at radius 2 is 1.00 bits per heavy atom. The van der Waals surface area contributed by atoms with E-state index in [1.807, 2.05) is 0 Å². The second-order valence-corrected chi connectivity index (χ2v) is 9.70. The summed E-state index contributed by atoms with van der Waals surface area (Å²) in [6, 6.07) is 13.7. The van der Waals surface area contributed by atoms with E-state index >= 15 is 0 Å². The fourth-order valence-corrected chi connectivity index (χ4v) is 4.80. The molecule has 0 spiro atoms. The van der Waals surface area contributed by atoms with Crippen molar-refractivity contribution < 1.29 is 14.2 Å². The molecule has 0 saturated carbocycles. The van der Waals surface area contributed by atoms with Crippen molar-refractivity contribution >= 4 is 0 Å². The standard InChI is InChI=1S/C31H40O3/c1-19-10-21(3)26(13-20(19)2)14-27-15-29(24(6)11-22(27)4)31(34-18-33-9)30-16-28(17-32-8)23(5)12-25(30)7/h10-13,15-16,31H,14,17-18H2,1-9H3. The molecule has 0 N–H and O–H groups in total. The lowest BCUT2D eigenvalue weighted by Crippen LogP contribution is -2.13. The van der Waals surface area contributed by atoms with Crippen molar-refractivity contribution in [2.45, 2.75) is 67.6 Å². The van der Waals surface area contributed by atoms with Crippen molar-refractivity contribution in [3.63, 3.8) is 0 Å². The van der Waals surface area contributed by atoms with Gasteiger partial charge in [0.2, 0.25) is 0 Å². The summed E-state index contributed by atoms with van der Waals surface area (Å²) < 4.78 is 17.1. The molecule has 3 aromatic rings. The molecule has 1 unspecified atom stereocenters. The molecule has 0 bridgehead atoms. The normalized spacial score (nSPS) is 12.3. The quantitative estimate of drug-likeness (QED) is 0.314. The first kappa shape index (κ1) is 26.2. The molecule has 0 radical (unpaired) electrons. The van der Waals surface area contributed by atoms with Crippen LogP contribution in [0.3, 0.4) is 0 Å². The topological polar surface area (TPSA) is 27.7 Å². The summed E-state index contributed by atoms with van der Waals surface area (Å²) in [5.41, 5.74) is 15.3. The lowest BCUT2D eigenvalue weighted by molar-refractivity contribution is -0.0595. The first-order chi connectivity index (χ1) is 16.2. The highest BCUT2D eigenvalue weighted by atomic mass is 16.7. The summed E-state index contributed by atoms with van der Waals surface area (Å²) in [6.07, 6.45) is 0.696. The predicted molar refractivity (Wildman–Crippen MR) is 141 cm³/mol. The van der Waals surface area contributed by atoms with Crippen LogP contribution in [0.4, 0.5) is 0 Å². The van der Waals surface area contributed by atoms with Gasteiger partial charge in [0.25, 0.3) is 0 Å². The van der Waals surface area contributed by atoms with Crippen LogP contribution in [0.2, 0.25) is 0 Å². The van der Waals surface area contributed by atoms with E-state index in [1.165, 1.54) is 61.2 Å². The summed E-state index contributed by atoms with van der Waals surface area (Å²) in [6.45, 7) is 16.1. The minimum Gasteiger partial charge on any atom is -0.380 e. The van der Waals surface area contributed by atoms with Crippen molar-refractivity contribution in [2.75, 3.05) is 21.0 Å². The SMILES string of the molecule is COCOC(c1cc(COC)c(C)cc1C)c1cc(Cc2cc(C)c(C)cc2C)c(C)cc1C. The van der Waals surface area contributed by atoms with Crippen molar-refractivity contribution in [2.24, 2.45) is 0 Å². The second-order valence-electron chi connectivity index (χ2n) is 9.70. The molecule has 0 aliphatic carbocycles. The lowest BCUT2D eigenvalue weighted by atomic mass is 9.87. The molecular formula is C31H40O3. The van der Waals surface area contributed by atoms with Gasteiger partial charge in [0, 0.05) is 14.2 Å². The monoisotopic (exact) mass is 460 g/mol. The zero-order valence-electron chi connectivity index (χ0n) is 22.4. The van der Waals surface area contributed by atoms with E-state index in [0.29, 0.717) is 6.61 Å². The van der Waals surface area contributed by atoms with E-state index in [0.717, 1.165) is 12.0 Å². The van der Waals surface area contributed by atoms with Gasteiger partial charge in [-0.15, -0.1) is 0 Å². The van der Waals surface area contributed by atoms with Gasteiger partial charge in [0.05, 0.1) is 6.61 Å². The summed E-state index contributed by atoms with van der Waals surface area (Å²) in [4.78, 5) is 0. The average Bonchev–Trinajstić information content (AvgIpc) is 2.77. The molecular weight excluding hydrogens is 420 g/mol. The van der Waals surface area contributed by atoms with Crippen LogP contribution < -0.4 is 0 Å². The van der Waals surface area contributed by atoms with Gasteiger partial charge in [0.15, 0.2) is 0 Å². The lowest BCUT2D eigenvalue weighted by Gasteiger charge is -2.25. The van der Waals surface area contributed by atoms with E-state index in [2.05, 4.69) is 84.9 Å². The van der Waals surface area contributed by atoms with Gasteiger partial charge in [-0.25, -0.2) is 0 Å². The smallest absolute Gasteiger partial charge is 0.147 e. The van der Waals surface area contributed by atoms with Crippen molar-refractivity contribution in [1.82, 2.24) is 0 Å². The number of hydrogen-bond acceptors (Lipinski definition) is 3. The maximum atomic E-state index is 6.34. The van der Waals surface area contributed by atoms with Crippen molar-refractivity contribution in [1.29, 1.82) is 0 Å². The van der Waals surface area contributed by atoms with Crippen LogP contribution in [0, 0.1) is 48.5 Å². The van der Waals surface area contributed by atoms with E-state index in [4.69, 9.17) is 14.2 Å². The van der Waals surface area contributed by atoms with Gasteiger partial charge in [-0.05, 0) is 122 Å². The highest BCUT2D eigenvalue weighted by molar-refractivity contribution is 5.48. The zero-order valence-corrected chi connectivity index (χ0v) is 22.4. The number of hydrogen-bond donors (Lipinski definition) is 0. The Morgan fingerprint density at radius 3 is 1.56 bits per heavy atom. The first-order valence-electron chi connectivity index (χ1n) is 12.0. The zero-order chi connectivity index (χ0) is 25.0. The Morgan fingerprint density at radius 1 is 0.529 bits per heavy atom. The molecule has 3 nitrogen and oxygen atoms in total. The van der Waals surface area contributed by atoms with E-state index in [-0.39, 0.29) is 12.9 Å². The van der Waals surface area contributed by atoms with Gasteiger partial charge in [0.1, 0.15) is 12.9 Å². The molecule has 0 aliphatic rings. The largest absolute Gasteiger partial charge is 0.380 e. The Kier molecular flexibility index (Phi) is 8.70. The maximum absolute atomic E-state index is 6.34. The Balaban J connectivity index is 2.11. The number of rotatable bonds is 9. The average molecular weight is 461 g/mol. The summed E-state index contributed by atoms with van der Waals surface area (Å²) in [5, 5.41) is 0. The molecule has 1 atom stereocenters. The van der Waals surface area contributed by atoms with E-state index < -0.39 is 0 Å². The molecule has 0 amide bonds. The number of benzene rings is 3. The Labute approximate surface area is 206 Å². The number of methoxy groups -OCH3 is 2. The van der Waals surface area contributed by atoms with Crippen molar-refractivity contribution in [3.05, 3.63) is 103 Å². The Bertz CT molecular complexity index is 1160. The van der Waals surface area contributed by atoms with Gasteiger partial charge in [-0.1, -0.05) is 36.4 Å². The first-order valence-corrected chi connectivity index (χ1v) is 12.0. The molecule has 0 fully saturated rings. The van der Waals surface area contributed by atoms with Crippen LogP contribution in [0.5, 0.6) is 0 Å². The molecule has 182 valence electrons. The molecule has 3 heteroatoms. The summed E-state index contributed by atoms with van der Waals surface area (Å²) >= 11 is 0. The van der Waals surface area contributed by atoms with E-state index in [9.17, 15) is 0 Å². The van der Waals surface area contributed by atoms with Crippen LogP contribution in [-0.4, -0.2) is 21.0 Å². The minimum absolute atomic E-state index is 0.212. The highest BCUT2D eigenvalue weighted by Gasteiger charge is 2.22. The van der Waals surface area contributed by atoms with Crippen molar-refractivity contribution in [3.8, 4) is 0 Å². The fraction of sp³-hybridized carbons (Fsp3) is 0.419. The van der Waals surface area contributed by atoms with Crippen LogP contribution in [-0.2, 0) is 27.2 Å². The third-order valence-corrected chi connectivity index (χ3v) is 7.00. The van der Waals surface area contributed by atoms with Crippen LogP contribution >= 0.6 is 0 Å². The third-order valence-electron chi connectivity index (χ3n) is 7.00. The van der Waals surface area contributed by atoms with Gasteiger partial charge in [-0.3, -0.25) is 0 Å². The molecule has 34 heavy (non-hydrogen) atoms. The molecule has 0 saturated heterocycles. The maximum Gasteiger partial charge on any atom is 0.147 e. The Hall–Kier alpha value is -2.46. The number of ether oxygens (including phenoxy) is 3. The molecule has 3 aromatic carbocycles. The van der Waals surface area contributed by atoms with Gasteiger partial charge in [-0.2, -0.15) is 0 Å².